The summed E-state index contributed by atoms with van der Waals surface area (Å²) in [5.41, 5.74) is 3.78. The summed E-state index contributed by atoms with van der Waals surface area (Å²) in [6.45, 7) is 3.78. The zero-order valence-electron chi connectivity index (χ0n) is 22.8. The molecule has 0 saturated carbocycles. The summed E-state index contributed by atoms with van der Waals surface area (Å²) >= 11 is 0. The van der Waals surface area contributed by atoms with Crippen molar-refractivity contribution in [1.82, 2.24) is 25.1 Å². The lowest BCUT2D eigenvalue weighted by Gasteiger charge is -2.21. The van der Waals surface area contributed by atoms with Gasteiger partial charge < -0.3 is 29.6 Å². The lowest BCUT2D eigenvalue weighted by molar-refractivity contribution is 0.0895. The Bertz CT molecular complexity index is 1650. The van der Waals surface area contributed by atoms with E-state index in [-0.39, 0.29) is 12.5 Å². The first kappa shape index (κ1) is 26.6. The molecule has 1 aliphatic rings. The molecule has 6 rings (SSSR count). The van der Waals surface area contributed by atoms with Crippen molar-refractivity contribution >= 4 is 29.9 Å². The largest absolute Gasteiger partial charge is 0.496 e. The highest BCUT2D eigenvalue weighted by Crippen LogP contribution is 2.34. The molecule has 0 aliphatic carbocycles. The van der Waals surface area contributed by atoms with Crippen molar-refractivity contribution in [2.75, 3.05) is 24.4 Å². The van der Waals surface area contributed by atoms with E-state index >= 15 is 0 Å². The van der Waals surface area contributed by atoms with E-state index < -0.39 is 18.8 Å². The highest BCUT2D eigenvalue weighted by atomic mass is 16.6. The number of hydrogen-bond donors (Lipinski definition) is 3. The SMILES string of the molecule is COB1OC(C)(C)c2nc(Nc3cc(N[C@H](CO)c4ccccc4)c(-c4nc(-c5ccccn5)no4)cn3)ccc21. The first-order chi connectivity index (χ1) is 19.9. The summed E-state index contributed by atoms with van der Waals surface area (Å²) < 4.78 is 17.1. The number of nitrogens with zero attached hydrogens (tertiary/aromatic N) is 5. The second-order valence-electron chi connectivity index (χ2n) is 10.00. The predicted molar refractivity (Wildman–Crippen MR) is 155 cm³/mol. The Morgan fingerprint density at radius 2 is 1.83 bits per heavy atom. The van der Waals surface area contributed by atoms with Crippen molar-refractivity contribution in [3.05, 3.63) is 90.4 Å². The molecule has 5 aromatic rings. The van der Waals surface area contributed by atoms with Gasteiger partial charge in [-0.3, -0.25) is 4.98 Å². The van der Waals surface area contributed by atoms with E-state index in [1.165, 1.54) is 0 Å². The smallest absolute Gasteiger partial charge is 0.410 e. The fourth-order valence-corrected chi connectivity index (χ4v) is 4.76. The number of anilines is 3. The average molecular weight is 549 g/mol. The molecule has 0 radical (unpaired) electrons. The fourth-order valence-electron chi connectivity index (χ4n) is 4.76. The molecule has 1 aliphatic heterocycles. The minimum Gasteiger partial charge on any atom is -0.410 e. The van der Waals surface area contributed by atoms with Crippen LogP contribution in [-0.4, -0.2) is 51.0 Å². The summed E-state index contributed by atoms with van der Waals surface area (Å²) in [6.07, 6.45) is 3.31. The van der Waals surface area contributed by atoms with Gasteiger partial charge in [0.2, 0.25) is 5.82 Å². The number of aliphatic hydroxyl groups is 1. The highest BCUT2D eigenvalue weighted by Gasteiger charge is 2.43. The molecular weight excluding hydrogens is 521 g/mol. The molecule has 11 nitrogen and oxygen atoms in total. The van der Waals surface area contributed by atoms with Crippen molar-refractivity contribution in [3.63, 3.8) is 0 Å². The maximum absolute atomic E-state index is 10.3. The zero-order valence-corrected chi connectivity index (χ0v) is 22.8. The molecule has 0 fully saturated rings. The van der Waals surface area contributed by atoms with Crippen LogP contribution < -0.4 is 16.1 Å². The second-order valence-corrected chi connectivity index (χ2v) is 10.00. The Hall–Kier alpha value is -4.65. The highest BCUT2D eigenvalue weighted by molar-refractivity contribution is 6.63. The van der Waals surface area contributed by atoms with Crippen LogP contribution in [0.25, 0.3) is 23.0 Å². The van der Waals surface area contributed by atoms with Gasteiger partial charge in [0.15, 0.2) is 0 Å². The number of aromatic nitrogens is 5. The van der Waals surface area contributed by atoms with Gasteiger partial charge in [0, 0.05) is 31.0 Å². The van der Waals surface area contributed by atoms with Gasteiger partial charge in [-0.25, -0.2) is 9.97 Å². The molecule has 5 heterocycles. The van der Waals surface area contributed by atoms with E-state index in [2.05, 4.69) is 30.7 Å². The third-order valence-corrected chi connectivity index (χ3v) is 6.79. The van der Waals surface area contributed by atoms with Crippen LogP contribution in [0.15, 0.2) is 83.6 Å². The number of benzene rings is 1. The van der Waals surface area contributed by atoms with E-state index in [0.717, 1.165) is 16.7 Å². The van der Waals surface area contributed by atoms with Gasteiger partial charge in [0.1, 0.15) is 17.3 Å². The van der Waals surface area contributed by atoms with Crippen molar-refractivity contribution in [1.29, 1.82) is 0 Å². The average Bonchev–Trinajstić information content (AvgIpc) is 3.59. The maximum atomic E-state index is 10.3. The van der Waals surface area contributed by atoms with Crippen molar-refractivity contribution in [2.45, 2.75) is 25.5 Å². The van der Waals surface area contributed by atoms with Crippen LogP contribution in [0.1, 0.15) is 31.1 Å². The third kappa shape index (κ3) is 5.40. The molecule has 41 heavy (non-hydrogen) atoms. The number of aliphatic hydroxyl groups excluding tert-OH is 1. The van der Waals surface area contributed by atoms with E-state index in [4.69, 9.17) is 18.8 Å². The van der Waals surface area contributed by atoms with Gasteiger partial charge in [-0.15, -0.1) is 0 Å². The number of fused-ring (bicyclic) bond motifs is 1. The van der Waals surface area contributed by atoms with Gasteiger partial charge in [-0.1, -0.05) is 47.6 Å². The molecule has 0 amide bonds. The van der Waals surface area contributed by atoms with E-state index in [9.17, 15) is 5.11 Å². The van der Waals surface area contributed by atoms with Gasteiger partial charge in [-0.05, 0) is 37.6 Å². The first-order valence-electron chi connectivity index (χ1n) is 13.1. The van der Waals surface area contributed by atoms with Gasteiger partial charge >= 0.3 is 7.12 Å². The Morgan fingerprint density at radius 3 is 2.59 bits per heavy atom. The minimum absolute atomic E-state index is 0.139. The quantitative estimate of drug-likeness (QED) is 0.229. The maximum Gasteiger partial charge on any atom is 0.496 e. The number of nitrogens with one attached hydrogen (secondary N) is 2. The predicted octanol–water partition coefficient (Wildman–Crippen LogP) is 4.08. The molecule has 4 aromatic heterocycles. The van der Waals surface area contributed by atoms with Crippen LogP contribution in [0.5, 0.6) is 0 Å². The molecule has 1 aromatic carbocycles. The van der Waals surface area contributed by atoms with Crippen molar-refractivity contribution < 1.29 is 18.9 Å². The molecule has 0 bridgehead atoms. The number of pyridine rings is 3. The standard InChI is InChI=1S/C29H28BN7O4/c1-29(2)26-20(30(39-3)41-29)12-13-24(35-26)34-25-15-22(33-23(17-38)18-9-5-4-6-10-18)19(16-32-25)28-36-27(37-40-28)21-11-7-8-14-31-21/h4-16,23,38H,17H2,1-3H3,(H2,32,33,34,35)/t23-/m1/s1. The molecule has 0 spiro atoms. The number of rotatable bonds is 9. The van der Waals surface area contributed by atoms with Gasteiger partial charge in [-0.2, -0.15) is 4.98 Å². The van der Waals surface area contributed by atoms with Crippen LogP contribution in [0.3, 0.4) is 0 Å². The van der Waals surface area contributed by atoms with Crippen LogP contribution in [-0.2, 0) is 14.9 Å². The summed E-state index contributed by atoms with van der Waals surface area (Å²) in [5.74, 6) is 1.74. The van der Waals surface area contributed by atoms with Crippen molar-refractivity contribution in [2.24, 2.45) is 0 Å². The van der Waals surface area contributed by atoms with E-state index in [1.807, 2.05) is 74.5 Å². The summed E-state index contributed by atoms with van der Waals surface area (Å²) in [5, 5.41) is 21.1. The minimum atomic E-state index is -0.606. The monoisotopic (exact) mass is 549 g/mol. The summed E-state index contributed by atoms with van der Waals surface area (Å²) in [6, 6.07) is 20.4. The fraction of sp³-hybridized carbons (Fsp3) is 0.207. The van der Waals surface area contributed by atoms with Crippen LogP contribution in [0.4, 0.5) is 17.3 Å². The second kappa shape index (κ2) is 11.1. The molecule has 206 valence electrons. The topological polar surface area (TPSA) is 140 Å². The van der Waals surface area contributed by atoms with E-state index in [0.29, 0.717) is 34.4 Å². The van der Waals surface area contributed by atoms with Crippen LogP contribution in [0, 0.1) is 0 Å². The molecule has 0 unspecified atom stereocenters. The lowest BCUT2D eigenvalue weighted by atomic mass is 9.80. The molecule has 3 N–H and O–H groups in total. The zero-order chi connectivity index (χ0) is 28.4. The van der Waals surface area contributed by atoms with Crippen LogP contribution in [0.2, 0.25) is 0 Å². The van der Waals surface area contributed by atoms with E-state index in [1.54, 1.807) is 25.6 Å². The van der Waals surface area contributed by atoms with Gasteiger partial charge in [0.05, 0.1) is 35.2 Å². The molecule has 1 atom stereocenters. The number of hydrogen-bond acceptors (Lipinski definition) is 11. The summed E-state index contributed by atoms with van der Waals surface area (Å²) in [4.78, 5) is 18.3. The van der Waals surface area contributed by atoms with Gasteiger partial charge in [0.25, 0.3) is 5.89 Å². The Morgan fingerprint density at radius 1 is 1.00 bits per heavy atom. The molecule has 0 saturated heterocycles. The Labute approximate surface area is 237 Å². The Balaban J connectivity index is 1.35. The lowest BCUT2D eigenvalue weighted by Crippen LogP contribution is -2.31. The first-order valence-corrected chi connectivity index (χ1v) is 13.1. The molecule has 12 heteroatoms. The molecular formula is C29H28BN7O4. The van der Waals surface area contributed by atoms with Crippen LogP contribution >= 0.6 is 0 Å². The Kier molecular flexibility index (Phi) is 7.18. The normalized spacial score (nSPS) is 14.5. The summed E-state index contributed by atoms with van der Waals surface area (Å²) in [7, 11) is 1.15. The van der Waals surface area contributed by atoms with Crippen molar-refractivity contribution in [3.8, 4) is 23.0 Å². The third-order valence-electron chi connectivity index (χ3n) is 6.79.